The summed E-state index contributed by atoms with van der Waals surface area (Å²) in [4.78, 5) is 32.1. The van der Waals surface area contributed by atoms with Gasteiger partial charge in [-0.3, -0.25) is 14.5 Å². The maximum atomic E-state index is 13.0. The van der Waals surface area contributed by atoms with Gasteiger partial charge in [0.15, 0.2) is 5.17 Å². The summed E-state index contributed by atoms with van der Waals surface area (Å²) >= 11 is 1.37. The van der Waals surface area contributed by atoms with Crippen LogP contribution in [-0.2, 0) is 9.59 Å². The average molecular weight is 424 g/mol. The molecule has 1 heterocycles. The maximum absolute atomic E-state index is 13.0. The van der Waals surface area contributed by atoms with E-state index in [4.69, 9.17) is 9.73 Å². The van der Waals surface area contributed by atoms with Crippen LogP contribution in [0, 0.1) is 6.92 Å². The molecule has 2 aromatic rings. The number of aryl methyl sites for hydroxylation is 1. The van der Waals surface area contributed by atoms with Crippen LogP contribution in [0.5, 0.6) is 5.75 Å². The number of nitrogens with zero attached hydrogens (tertiary/aromatic N) is 2. The lowest BCUT2D eigenvalue weighted by atomic mass is 10.2. The second-order valence-corrected chi connectivity index (χ2v) is 8.63. The quantitative estimate of drug-likeness (QED) is 0.711. The lowest BCUT2D eigenvalue weighted by Crippen LogP contribution is -2.35. The Kier molecular flexibility index (Phi) is 6.08. The molecule has 0 bridgehead atoms. The zero-order valence-corrected chi connectivity index (χ0v) is 17.9. The Hall–Kier alpha value is -2.80. The molecule has 0 aromatic heterocycles. The fourth-order valence-corrected chi connectivity index (χ4v) is 4.52. The highest BCUT2D eigenvalue weighted by molar-refractivity contribution is 8.15. The summed E-state index contributed by atoms with van der Waals surface area (Å²) < 4.78 is 5.67. The van der Waals surface area contributed by atoms with Gasteiger partial charge < -0.3 is 10.1 Å². The van der Waals surface area contributed by atoms with Crippen molar-refractivity contribution in [3.63, 3.8) is 0 Å². The summed E-state index contributed by atoms with van der Waals surface area (Å²) in [6.45, 7) is 4.47. The number of carbonyl (C=O) groups is 2. The number of amidine groups is 1. The van der Waals surface area contributed by atoms with Gasteiger partial charge in [0.05, 0.1) is 6.61 Å². The molecule has 1 saturated carbocycles. The predicted molar refractivity (Wildman–Crippen MR) is 120 cm³/mol. The fourth-order valence-electron chi connectivity index (χ4n) is 3.31. The molecule has 2 fully saturated rings. The molecule has 156 valence electrons. The van der Waals surface area contributed by atoms with Crippen molar-refractivity contribution in [2.45, 2.75) is 44.4 Å². The number of thioether (sulfide) groups is 1. The van der Waals surface area contributed by atoms with Crippen molar-refractivity contribution in [3.8, 4) is 5.75 Å². The predicted octanol–water partition coefficient (Wildman–Crippen LogP) is 4.52. The van der Waals surface area contributed by atoms with E-state index >= 15 is 0 Å². The van der Waals surface area contributed by atoms with Gasteiger partial charge in [0.2, 0.25) is 11.8 Å². The van der Waals surface area contributed by atoms with Crippen LogP contribution in [0.25, 0.3) is 0 Å². The number of amides is 2. The van der Waals surface area contributed by atoms with Crippen LogP contribution in [0.15, 0.2) is 53.5 Å². The first-order valence-electron chi connectivity index (χ1n) is 10.2. The van der Waals surface area contributed by atoms with Crippen LogP contribution < -0.4 is 10.1 Å². The van der Waals surface area contributed by atoms with Gasteiger partial charge in [-0.1, -0.05) is 41.6 Å². The number of para-hydroxylation sites is 2. The van der Waals surface area contributed by atoms with Crippen molar-refractivity contribution in [1.29, 1.82) is 0 Å². The van der Waals surface area contributed by atoms with Crippen molar-refractivity contribution < 1.29 is 14.3 Å². The summed E-state index contributed by atoms with van der Waals surface area (Å²) in [5.41, 5.74) is 2.56. The normalized spacial score (nSPS) is 19.9. The van der Waals surface area contributed by atoms with Crippen LogP contribution in [-0.4, -0.2) is 39.8 Å². The van der Waals surface area contributed by atoms with E-state index in [0.717, 1.165) is 24.1 Å². The smallest absolute Gasteiger partial charge is 0.242 e. The molecule has 1 aliphatic carbocycles. The Morgan fingerprint density at radius 2 is 1.93 bits per heavy atom. The minimum atomic E-state index is -0.464. The SMILES string of the molecule is CCOc1ccccc1N=C1S[C@H](CC(=O)Nc2ccc(C)cc2)C(=O)N1C1CC1. The van der Waals surface area contributed by atoms with Gasteiger partial charge in [-0.25, -0.2) is 4.99 Å². The Labute approximate surface area is 180 Å². The molecule has 1 aliphatic heterocycles. The molecule has 0 spiro atoms. The van der Waals surface area contributed by atoms with Crippen LogP contribution >= 0.6 is 11.8 Å². The fraction of sp³-hybridized carbons (Fsp3) is 0.348. The molecule has 2 aromatic carbocycles. The van der Waals surface area contributed by atoms with Gasteiger partial charge in [0, 0.05) is 18.2 Å². The highest BCUT2D eigenvalue weighted by Crippen LogP contribution is 2.40. The Morgan fingerprint density at radius 1 is 1.20 bits per heavy atom. The second-order valence-electron chi connectivity index (χ2n) is 7.46. The Balaban J connectivity index is 1.50. The van der Waals surface area contributed by atoms with Gasteiger partial charge in [0.1, 0.15) is 16.7 Å². The highest BCUT2D eigenvalue weighted by atomic mass is 32.2. The number of rotatable bonds is 7. The van der Waals surface area contributed by atoms with Crippen LogP contribution in [0.3, 0.4) is 0 Å². The Bertz CT molecular complexity index is 970. The van der Waals surface area contributed by atoms with Gasteiger partial charge in [-0.15, -0.1) is 0 Å². The first kappa shape index (κ1) is 20.5. The minimum Gasteiger partial charge on any atom is -0.492 e. The third kappa shape index (κ3) is 4.67. The van der Waals surface area contributed by atoms with Gasteiger partial charge in [0.25, 0.3) is 0 Å². The van der Waals surface area contributed by atoms with E-state index in [1.165, 1.54) is 11.8 Å². The second kappa shape index (κ2) is 8.92. The monoisotopic (exact) mass is 423 g/mol. The van der Waals surface area contributed by atoms with E-state index in [1.807, 2.05) is 62.4 Å². The molecule has 0 unspecified atom stereocenters. The zero-order chi connectivity index (χ0) is 21.1. The number of carbonyl (C=O) groups excluding carboxylic acids is 2. The summed E-state index contributed by atoms with van der Waals surface area (Å²) in [6.07, 6.45) is 2.06. The van der Waals surface area contributed by atoms with E-state index in [1.54, 1.807) is 4.90 Å². The van der Waals surface area contributed by atoms with E-state index in [9.17, 15) is 9.59 Å². The molecule has 1 atom stereocenters. The van der Waals surface area contributed by atoms with E-state index in [2.05, 4.69) is 5.32 Å². The number of hydrogen-bond acceptors (Lipinski definition) is 5. The largest absolute Gasteiger partial charge is 0.492 e. The third-order valence-electron chi connectivity index (χ3n) is 4.97. The molecule has 6 nitrogen and oxygen atoms in total. The summed E-state index contributed by atoms with van der Waals surface area (Å²) in [5, 5.41) is 3.08. The van der Waals surface area contributed by atoms with Crippen LogP contribution in [0.1, 0.15) is 31.7 Å². The number of benzene rings is 2. The summed E-state index contributed by atoms with van der Waals surface area (Å²) in [7, 11) is 0. The van der Waals surface area contributed by atoms with Crippen molar-refractivity contribution in [1.82, 2.24) is 4.90 Å². The van der Waals surface area contributed by atoms with Gasteiger partial charge >= 0.3 is 0 Å². The van der Waals surface area contributed by atoms with E-state index in [-0.39, 0.29) is 24.3 Å². The van der Waals surface area contributed by atoms with Gasteiger partial charge in [-0.2, -0.15) is 0 Å². The van der Waals surface area contributed by atoms with Crippen molar-refractivity contribution in [2.24, 2.45) is 4.99 Å². The minimum absolute atomic E-state index is 0.0332. The Morgan fingerprint density at radius 3 is 2.63 bits per heavy atom. The molecule has 0 radical (unpaired) electrons. The highest BCUT2D eigenvalue weighted by Gasteiger charge is 2.46. The zero-order valence-electron chi connectivity index (χ0n) is 17.1. The molecule has 1 saturated heterocycles. The number of ether oxygens (including phenoxy) is 1. The molecule has 7 heteroatoms. The first-order chi connectivity index (χ1) is 14.5. The standard InChI is InChI=1S/C23H25N3O3S/c1-3-29-19-7-5-4-6-18(19)25-23-26(17-12-13-17)22(28)20(30-23)14-21(27)24-16-10-8-15(2)9-11-16/h4-11,17,20H,3,12-14H2,1-2H3,(H,24,27)/t20-/m1/s1. The lowest BCUT2D eigenvalue weighted by Gasteiger charge is -2.16. The summed E-state index contributed by atoms with van der Waals surface area (Å²) in [6, 6.07) is 15.4. The molecule has 2 amide bonds. The number of nitrogens with one attached hydrogen (secondary N) is 1. The lowest BCUT2D eigenvalue weighted by molar-refractivity contribution is -0.128. The molecular weight excluding hydrogens is 398 g/mol. The van der Waals surface area contributed by atoms with Gasteiger partial charge in [-0.05, 0) is 51.0 Å². The molecule has 4 rings (SSSR count). The molecular formula is C23H25N3O3S. The summed E-state index contributed by atoms with van der Waals surface area (Å²) in [5.74, 6) is 0.488. The first-order valence-corrected chi connectivity index (χ1v) is 11.1. The van der Waals surface area contributed by atoms with Crippen molar-refractivity contribution >= 4 is 40.1 Å². The van der Waals surface area contributed by atoms with E-state index < -0.39 is 5.25 Å². The maximum Gasteiger partial charge on any atom is 0.242 e. The number of anilines is 1. The molecule has 30 heavy (non-hydrogen) atoms. The number of aliphatic imine (C=N–C) groups is 1. The van der Waals surface area contributed by atoms with Crippen LogP contribution in [0.4, 0.5) is 11.4 Å². The molecule has 2 aliphatic rings. The van der Waals surface area contributed by atoms with E-state index in [0.29, 0.717) is 23.2 Å². The topological polar surface area (TPSA) is 71.0 Å². The van der Waals surface area contributed by atoms with Crippen LogP contribution in [0.2, 0.25) is 0 Å². The third-order valence-corrected chi connectivity index (χ3v) is 6.12. The van der Waals surface area contributed by atoms with Crippen molar-refractivity contribution in [2.75, 3.05) is 11.9 Å². The van der Waals surface area contributed by atoms with Crippen molar-refractivity contribution in [3.05, 3.63) is 54.1 Å². The molecule has 1 N–H and O–H groups in total. The number of hydrogen-bond donors (Lipinski definition) is 1. The average Bonchev–Trinajstić information content (AvgIpc) is 3.51.